The topological polar surface area (TPSA) is 58.4 Å². The zero-order valence-corrected chi connectivity index (χ0v) is 11.2. The lowest BCUT2D eigenvalue weighted by atomic mass is 10.2. The lowest BCUT2D eigenvalue weighted by Gasteiger charge is -2.15. The van der Waals surface area contributed by atoms with Gasteiger partial charge in [-0.05, 0) is 38.1 Å². The molecule has 2 rings (SSSR count). The number of benzene rings is 1. The number of nitrogen functional groups attached to an aromatic ring is 1. The van der Waals surface area contributed by atoms with Gasteiger partial charge < -0.3 is 16.0 Å². The number of anilines is 1. The standard InChI is InChI=1S/C13H18ClN3O/c1-17(10-3-4-10)7-6-16-13(18)9-2-5-12(15)11(14)8-9/h2,5,8,10H,3-4,6-7,15H2,1H3,(H,16,18). The Balaban J connectivity index is 1.81. The maximum atomic E-state index is 11.8. The first-order valence-electron chi connectivity index (χ1n) is 6.11. The van der Waals surface area contributed by atoms with Crippen molar-refractivity contribution in [2.75, 3.05) is 25.9 Å². The molecule has 98 valence electrons. The number of nitrogens with two attached hydrogens (primary N) is 1. The van der Waals surface area contributed by atoms with Gasteiger partial charge in [0.2, 0.25) is 0 Å². The van der Waals surface area contributed by atoms with E-state index in [9.17, 15) is 4.79 Å². The van der Waals surface area contributed by atoms with Crippen LogP contribution < -0.4 is 11.1 Å². The van der Waals surface area contributed by atoms with Crippen molar-refractivity contribution in [1.29, 1.82) is 0 Å². The predicted molar refractivity (Wildman–Crippen MR) is 73.8 cm³/mol. The van der Waals surface area contributed by atoms with Gasteiger partial charge in [-0.25, -0.2) is 0 Å². The summed E-state index contributed by atoms with van der Waals surface area (Å²) >= 11 is 5.88. The quantitative estimate of drug-likeness (QED) is 0.799. The minimum Gasteiger partial charge on any atom is -0.398 e. The zero-order chi connectivity index (χ0) is 13.1. The Hall–Kier alpha value is -1.26. The molecule has 0 spiro atoms. The summed E-state index contributed by atoms with van der Waals surface area (Å²) in [6.45, 7) is 1.52. The largest absolute Gasteiger partial charge is 0.398 e. The predicted octanol–water partition coefficient (Wildman–Crippen LogP) is 1.75. The van der Waals surface area contributed by atoms with Gasteiger partial charge in [0, 0.05) is 24.7 Å². The van der Waals surface area contributed by atoms with Gasteiger partial charge >= 0.3 is 0 Å². The number of halogens is 1. The second-order valence-electron chi connectivity index (χ2n) is 4.70. The van der Waals surface area contributed by atoms with Crippen molar-refractivity contribution < 1.29 is 4.79 Å². The van der Waals surface area contributed by atoms with E-state index >= 15 is 0 Å². The maximum absolute atomic E-state index is 11.8. The molecule has 0 radical (unpaired) electrons. The number of nitrogens with one attached hydrogen (secondary N) is 1. The molecule has 1 fully saturated rings. The Kier molecular flexibility index (Phi) is 4.09. The first kappa shape index (κ1) is 13.2. The van der Waals surface area contributed by atoms with Crippen LogP contribution in [0.15, 0.2) is 18.2 Å². The van der Waals surface area contributed by atoms with E-state index in [1.54, 1.807) is 18.2 Å². The minimum atomic E-state index is -0.110. The first-order chi connectivity index (χ1) is 8.58. The third-order valence-corrected chi connectivity index (χ3v) is 3.51. The average molecular weight is 268 g/mol. The van der Waals surface area contributed by atoms with Crippen molar-refractivity contribution in [3.63, 3.8) is 0 Å². The number of hydrogen-bond acceptors (Lipinski definition) is 3. The van der Waals surface area contributed by atoms with Gasteiger partial charge in [0.05, 0.1) is 10.7 Å². The summed E-state index contributed by atoms with van der Waals surface area (Å²) in [6, 6.07) is 5.64. The maximum Gasteiger partial charge on any atom is 0.251 e. The molecule has 0 saturated heterocycles. The normalized spacial score (nSPS) is 14.8. The van der Waals surface area contributed by atoms with Crippen LogP contribution in [0.1, 0.15) is 23.2 Å². The lowest BCUT2D eigenvalue weighted by molar-refractivity contribution is 0.0949. The van der Waals surface area contributed by atoms with Crippen molar-refractivity contribution in [1.82, 2.24) is 10.2 Å². The van der Waals surface area contributed by atoms with Crippen LogP contribution in [-0.2, 0) is 0 Å². The molecule has 3 N–H and O–H groups in total. The molecule has 0 heterocycles. The summed E-state index contributed by atoms with van der Waals surface area (Å²) < 4.78 is 0. The van der Waals surface area contributed by atoms with Crippen molar-refractivity contribution in [3.05, 3.63) is 28.8 Å². The minimum absolute atomic E-state index is 0.110. The molecule has 0 atom stereocenters. The Labute approximate surface area is 112 Å². The SMILES string of the molecule is CN(CCNC(=O)c1ccc(N)c(Cl)c1)C1CC1. The van der Waals surface area contributed by atoms with E-state index in [-0.39, 0.29) is 5.91 Å². The number of nitrogens with zero attached hydrogens (tertiary/aromatic N) is 1. The van der Waals surface area contributed by atoms with Crippen molar-refractivity contribution in [3.8, 4) is 0 Å². The van der Waals surface area contributed by atoms with Gasteiger partial charge in [-0.15, -0.1) is 0 Å². The van der Waals surface area contributed by atoms with Crippen LogP contribution in [0.25, 0.3) is 0 Å². The van der Waals surface area contributed by atoms with Gasteiger partial charge in [0.15, 0.2) is 0 Å². The van der Waals surface area contributed by atoms with Crippen LogP contribution in [0.4, 0.5) is 5.69 Å². The summed E-state index contributed by atoms with van der Waals surface area (Å²) in [5.74, 6) is -0.110. The molecule has 1 aliphatic carbocycles. The summed E-state index contributed by atoms with van der Waals surface area (Å²) in [7, 11) is 2.09. The lowest BCUT2D eigenvalue weighted by Crippen LogP contribution is -2.33. The van der Waals surface area contributed by atoms with Crippen LogP contribution in [-0.4, -0.2) is 37.0 Å². The molecular formula is C13H18ClN3O. The number of likely N-dealkylation sites (N-methyl/N-ethyl adjacent to an activating group) is 1. The third-order valence-electron chi connectivity index (χ3n) is 3.18. The van der Waals surface area contributed by atoms with Gasteiger partial charge in [-0.3, -0.25) is 4.79 Å². The summed E-state index contributed by atoms with van der Waals surface area (Å²) in [4.78, 5) is 14.1. The van der Waals surface area contributed by atoms with E-state index in [1.165, 1.54) is 12.8 Å². The summed E-state index contributed by atoms with van der Waals surface area (Å²) in [6.07, 6.45) is 2.55. The van der Waals surface area contributed by atoms with Crippen LogP contribution in [0.2, 0.25) is 5.02 Å². The molecular weight excluding hydrogens is 250 g/mol. The highest BCUT2D eigenvalue weighted by molar-refractivity contribution is 6.33. The smallest absolute Gasteiger partial charge is 0.251 e. The highest BCUT2D eigenvalue weighted by atomic mass is 35.5. The Morgan fingerprint density at radius 2 is 2.28 bits per heavy atom. The van der Waals surface area contributed by atoms with Gasteiger partial charge in [-0.1, -0.05) is 11.6 Å². The molecule has 0 unspecified atom stereocenters. The highest BCUT2D eigenvalue weighted by Gasteiger charge is 2.25. The fourth-order valence-corrected chi connectivity index (χ4v) is 1.99. The number of carbonyl (C=O) groups is 1. The van der Waals surface area contributed by atoms with Crippen molar-refractivity contribution >= 4 is 23.2 Å². The number of carbonyl (C=O) groups excluding carboxylic acids is 1. The third kappa shape index (κ3) is 3.37. The summed E-state index contributed by atoms with van der Waals surface area (Å²) in [5, 5.41) is 3.29. The van der Waals surface area contributed by atoms with Crippen molar-refractivity contribution in [2.24, 2.45) is 0 Å². The van der Waals surface area contributed by atoms with E-state index in [4.69, 9.17) is 17.3 Å². The molecule has 18 heavy (non-hydrogen) atoms. The second kappa shape index (κ2) is 5.59. The van der Waals surface area contributed by atoms with E-state index in [0.717, 1.165) is 6.54 Å². The van der Waals surface area contributed by atoms with Gasteiger partial charge in [0.25, 0.3) is 5.91 Å². The zero-order valence-electron chi connectivity index (χ0n) is 10.4. The van der Waals surface area contributed by atoms with Crippen LogP contribution in [0.3, 0.4) is 0 Å². The number of amides is 1. The molecule has 0 aromatic heterocycles. The molecule has 1 amide bonds. The van der Waals surface area contributed by atoms with Crippen molar-refractivity contribution in [2.45, 2.75) is 18.9 Å². The molecule has 1 aromatic carbocycles. The molecule has 4 nitrogen and oxygen atoms in total. The highest BCUT2D eigenvalue weighted by Crippen LogP contribution is 2.24. The number of rotatable bonds is 5. The summed E-state index contributed by atoms with van der Waals surface area (Å²) in [5.41, 5.74) is 6.63. The van der Waals surface area contributed by atoms with Crippen LogP contribution in [0, 0.1) is 0 Å². The Morgan fingerprint density at radius 1 is 1.56 bits per heavy atom. The van der Waals surface area contributed by atoms with Gasteiger partial charge in [-0.2, -0.15) is 0 Å². The fourth-order valence-electron chi connectivity index (χ4n) is 1.81. The average Bonchev–Trinajstić information content (AvgIpc) is 3.16. The van der Waals surface area contributed by atoms with E-state index in [1.807, 2.05) is 0 Å². The molecule has 5 heteroatoms. The molecule has 1 aliphatic rings. The Bertz CT molecular complexity index is 446. The van der Waals surface area contributed by atoms with E-state index in [2.05, 4.69) is 17.3 Å². The fraction of sp³-hybridized carbons (Fsp3) is 0.462. The van der Waals surface area contributed by atoms with E-state index < -0.39 is 0 Å². The number of hydrogen-bond donors (Lipinski definition) is 2. The molecule has 1 aromatic rings. The molecule has 0 aliphatic heterocycles. The van der Waals surface area contributed by atoms with Gasteiger partial charge in [0.1, 0.15) is 0 Å². The first-order valence-corrected chi connectivity index (χ1v) is 6.49. The molecule has 0 bridgehead atoms. The second-order valence-corrected chi connectivity index (χ2v) is 5.11. The van der Waals surface area contributed by atoms with Crippen LogP contribution >= 0.6 is 11.6 Å². The van der Waals surface area contributed by atoms with Crippen LogP contribution in [0.5, 0.6) is 0 Å². The van der Waals surface area contributed by atoms with E-state index in [0.29, 0.717) is 28.9 Å². The Morgan fingerprint density at radius 3 is 2.89 bits per heavy atom. The monoisotopic (exact) mass is 267 g/mol. The molecule has 1 saturated carbocycles.